The zero-order valence-corrected chi connectivity index (χ0v) is 9.83. The van der Waals surface area contributed by atoms with Gasteiger partial charge < -0.3 is 5.73 Å². The van der Waals surface area contributed by atoms with Crippen molar-refractivity contribution in [2.75, 3.05) is 0 Å². The molecule has 0 saturated heterocycles. The number of rotatable bonds is 3. The molecule has 2 N–H and O–H groups in total. The van der Waals surface area contributed by atoms with Crippen LogP contribution in [0.2, 0.25) is 0 Å². The second-order valence-corrected chi connectivity index (χ2v) is 4.66. The van der Waals surface area contributed by atoms with E-state index < -0.39 is 0 Å². The van der Waals surface area contributed by atoms with E-state index in [0.717, 1.165) is 12.1 Å². The third-order valence-corrected chi connectivity index (χ3v) is 3.14. The van der Waals surface area contributed by atoms with Gasteiger partial charge in [-0.05, 0) is 18.8 Å². The predicted octanol–water partition coefficient (Wildman–Crippen LogP) is 2.16. The van der Waals surface area contributed by atoms with Crippen molar-refractivity contribution < 1.29 is 0 Å². The summed E-state index contributed by atoms with van der Waals surface area (Å²) in [6.45, 7) is 8.58. The van der Waals surface area contributed by atoms with Crippen LogP contribution in [-0.2, 0) is 7.05 Å². The summed E-state index contributed by atoms with van der Waals surface area (Å²) in [5.41, 5.74) is 8.59. The summed E-state index contributed by atoms with van der Waals surface area (Å²) in [7, 11) is 1.93. The Hall–Kier alpha value is -0.830. The summed E-state index contributed by atoms with van der Waals surface area (Å²) >= 11 is 0. The molecule has 0 saturated carbocycles. The van der Waals surface area contributed by atoms with Gasteiger partial charge in [0.15, 0.2) is 0 Å². The number of nitrogens with zero attached hydrogens (tertiary/aromatic N) is 2. The van der Waals surface area contributed by atoms with Crippen molar-refractivity contribution in [1.29, 1.82) is 0 Å². The lowest BCUT2D eigenvalue weighted by atomic mass is 9.79. The highest BCUT2D eigenvalue weighted by Gasteiger charge is 2.27. The Bertz CT molecular complexity index is 312. The lowest BCUT2D eigenvalue weighted by molar-refractivity contribution is 0.277. The van der Waals surface area contributed by atoms with Crippen molar-refractivity contribution in [3.8, 4) is 0 Å². The summed E-state index contributed by atoms with van der Waals surface area (Å²) in [5.74, 6) is 0. The van der Waals surface area contributed by atoms with E-state index in [9.17, 15) is 0 Å². The Labute approximate surface area is 86.3 Å². The van der Waals surface area contributed by atoms with E-state index in [2.05, 4.69) is 25.9 Å². The maximum absolute atomic E-state index is 6.24. The lowest BCUT2D eigenvalue weighted by Crippen LogP contribution is -2.28. The molecule has 1 unspecified atom stereocenters. The van der Waals surface area contributed by atoms with E-state index in [4.69, 9.17) is 5.73 Å². The van der Waals surface area contributed by atoms with Gasteiger partial charge in [0.25, 0.3) is 0 Å². The molecule has 0 aromatic carbocycles. The fraction of sp³-hybridized carbons (Fsp3) is 0.727. The van der Waals surface area contributed by atoms with Gasteiger partial charge in [-0.2, -0.15) is 5.10 Å². The SMILES string of the molecule is CCC(C)(C)C(N)c1cn(C)nc1C. The molecule has 3 nitrogen and oxygen atoms in total. The first-order chi connectivity index (χ1) is 6.38. The molecule has 0 spiro atoms. The minimum Gasteiger partial charge on any atom is -0.323 e. The molecule has 0 amide bonds. The van der Waals surface area contributed by atoms with Crippen LogP contribution in [0.3, 0.4) is 0 Å². The van der Waals surface area contributed by atoms with Crippen molar-refractivity contribution in [2.45, 2.75) is 40.2 Å². The molecule has 0 aliphatic heterocycles. The molecule has 0 bridgehead atoms. The van der Waals surface area contributed by atoms with Gasteiger partial charge in [-0.25, -0.2) is 0 Å². The second kappa shape index (κ2) is 3.73. The predicted molar refractivity (Wildman–Crippen MR) is 58.9 cm³/mol. The van der Waals surface area contributed by atoms with Crippen LogP contribution in [-0.4, -0.2) is 9.78 Å². The van der Waals surface area contributed by atoms with Crippen LogP contribution in [0.25, 0.3) is 0 Å². The van der Waals surface area contributed by atoms with Crippen LogP contribution < -0.4 is 5.73 Å². The fourth-order valence-electron chi connectivity index (χ4n) is 1.56. The van der Waals surface area contributed by atoms with Gasteiger partial charge in [-0.1, -0.05) is 20.8 Å². The first-order valence-electron chi connectivity index (χ1n) is 5.14. The molecule has 0 aliphatic rings. The van der Waals surface area contributed by atoms with Crippen molar-refractivity contribution >= 4 is 0 Å². The highest BCUT2D eigenvalue weighted by molar-refractivity contribution is 5.21. The van der Waals surface area contributed by atoms with E-state index in [1.807, 2.05) is 24.9 Å². The van der Waals surface area contributed by atoms with Crippen molar-refractivity contribution in [1.82, 2.24) is 9.78 Å². The maximum atomic E-state index is 6.24. The standard InChI is InChI=1S/C11H21N3/c1-6-11(3,4)10(12)9-7-14(5)13-8(9)2/h7,10H,6,12H2,1-5H3. The summed E-state index contributed by atoms with van der Waals surface area (Å²) in [6.07, 6.45) is 3.10. The molecule has 1 heterocycles. The molecule has 3 heteroatoms. The van der Waals surface area contributed by atoms with E-state index in [-0.39, 0.29) is 11.5 Å². The van der Waals surface area contributed by atoms with Crippen LogP contribution in [0, 0.1) is 12.3 Å². The fourth-order valence-corrected chi connectivity index (χ4v) is 1.56. The third-order valence-electron chi connectivity index (χ3n) is 3.14. The number of aromatic nitrogens is 2. The van der Waals surface area contributed by atoms with E-state index in [1.54, 1.807) is 0 Å². The molecule has 0 radical (unpaired) electrons. The van der Waals surface area contributed by atoms with Crippen molar-refractivity contribution in [3.63, 3.8) is 0 Å². The Morgan fingerprint density at radius 1 is 1.57 bits per heavy atom. The topological polar surface area (TPSA) is 43.8 Å². The summed E-state index contributed by atoms with van der Waals surface area (Å²) in [5, 5.41) is 4.32. The number of nitrogens with two attached hydrogens (primary N) is 1. The highest BCUT2D eigenvalue weighted by atomic mass is 15.2. The van der Waals surface area contributed by atoms with Gasteiger partial charge in [-0.15, -0.1) is 0 Å². The van der Waals surface area contributed by atoms with Crippen molar-refractivity contribution in [3.05, 3.63) is 17.5 Å². The molecule has 0 fully saturated rings. The van der Waals surface area contributed by atoms with Crippen LogP contribution in [0.1, 0.15) is 44.5 Å². The monoisotopic (exact) mass is 195 g/mol. The van der Waals surface area contributed by atoms with Crippen LogP contribution in [0.4, 0.5) is 0 Å². The maximum Gasteiger partial charge on any atom is 0.0641 e. The van der Waals surface area contributed by atoms with Gasteiger partial charge in [0, 0.05) is 24.8 Å². The summed E-state index contributed by atoms with van der Waals surface area (Å²) < 4.78 is 1.83. The minimum atomic E-state index is 0.0706. The van der Waals surface area contributed by atoms with Crippen LogP contribution >= 0.6 is 0 Å². The highest BCUT2D eigenvalue weighted by Crippen LogP contribution is 2.35. The molecule has 14 heavy (non-hydrogen) atoms. The summed E-state index contributed by atoms with van der Waals surface area (Å²) in [4.78, 5) is 0. The van der Waals surface area contributed by atoms with E-state index in [0.29, 0.717) is 0 Å². The van der Waals surface area contributed by atoms with Gasteiger partial charge in [0.2, 0.25) is 0 Å². The molecule has 1 aromatic rings. The summed E-state index contributed by atoms with van der Waals surface area (Å²) in [6, 6.07) is 0.0706. The average Bonchev–Trinajstić information content (AvgIpc) is 2.44. The second-order valence-electron chi connectivity index (χ2n) is 4.66. The van der Waals surface area contributed by atoms with Crippen LogP contribution in [0.5, 0.6) is 0 Å². The molecule has 1 atom stereocenters. The van der Waals surface area contributed by atoms with E-state index >= 15 is 0 Å². The largest absolute Gasteiger partial charge is 0.323 e. The Morgan fingerprint density at radius 2 is 2.14 bits per heavy atom. The first-order valence-corrected chi connectivity index (χ1v) is 5.14. The molecule has 80 valence electrons. The Balaban J connectivity index is 3.00. The normalized spacial score (nSPS) is 14.4. The minimum absolute atomic E-state index is 0.0706. The van der Waals surface area contributed by atoms with Gasteiger partial charge in [0.05, 0.1) is 5.69 Å². The van der Waals surface area contributed by atoms with E-state index in [1.165, 1.54) is 5.56 Å². The number of hydrogen-bond donors (Lipinski definition) is 1. The number of aryl methyl sites for hydroxylation is 2. The Kier molecular flexibility index (Phi) is 3.00. The zero-order valence-electron chi connectivity index (χ0n) is 9.83. The zero-order chi connectivity index (χ0) is 10.9. The van der Waals surface area contributed by atoms with Gasteiger partial charge in [0.1, 0.15) is 0 Å². The smallest absolute Gasteiger partial charge is 0.0641 e. The molecule has 1 rings (SSSR count). The van der Waals surface area contributed by atoms with Gasteiger partial charge >= 0.3 is 0 Å². The average molecular weight is 195 g/mol. The molecule has 1 aromatic heterocycles. The first kappa shape index (κ1) is 11.2. The quantitative estimate of drug-likeness (QED) is 0.803. The molecular formula is C11H21N3. The van der Waals surface area contributed by atoms with Crippen molar-refractivity contribution in [2.24, 2.45) is 18.2 Å². The lowest BCUT2D eigenvalue weighted by Gasteiger charge is -2.30. The Morgan fingerprint density at radius 3 is 2.50 bits per heavy atom. The third kappa shape index (κ3) is 1.98. The molecular weight excluding hydrogens is 174 g/mol. The molecule has 0 aliphatic carbocycles. The van der Waals surface area contributed by atoms with Gasteiger partial charge in [-0.3, -0.25) is 4.68 Å². The van der Waals surface area contributed by atoms with Crippen LogP contribution in [0.15, 0.2) is 6.20 Å². The number of hydrogen-bond acceptors (Lipinski definition) is 2.